The molecule has 82 valence electrons. The van der Waals surface area contributed by atoms with E-state index in [2.05, 4.69) is 27.8 Å². The molecule has 1 aromatic rings. The van der Waals surface area contributed by atoms with Crippen molar-refractivity contribution in [3.63, 3.8) is 0 Å². The minimum Gasteiger partial charge on any atom is -0.313 e. The van der Waals surface area contributed by atoms with E-state index in [1.807, 2.05) is 20.0 Å². The van der Waals surface area contributed by atoms with Gasteiger partial charge in [0.2, 0.25) is 0 Å². The molecule has 1 N–H and O–H groups in total. The Hall–Kier alpha value is -0.670. The molecule has 0 aliphatic carbocycles. The van der Waals surface area contributed by atoms with Crippen LogP contribution in [0.3, 0.4) is 0 Å². The van der Waals surface area contributed by atoms with E-state index < -0.39 is 0 Å². The van der Waals surface area contributed by atoms with E-state index in [9.17, 15) is 4.39 Å². The second-order valence-electron chi connectivity index (χ2n) is 3.65. The lowest BCUT2D eigenvalue weighted by Gasteiger charge is -2.17. The summed E-state index contributed by atoms with van der Waals surface area (Å²) in [4.78, 5) is 0. The van der Waals surface area contributed by atoms with Crippen LogP contribution in [0.25, 0.3) is 0 Å². The lowest BCUT2D eigenvalue weighted by molar-refractivity contribution is 0.530. The lowest BCUT2D eigenvalue weighted by atomic mass is 10.00. The molecular weight excluding hydrogens is 257 g/mol. The highest BCUT2D eigenvalue weighted by Gasteiger charge is 2.15. The van der Waals surface area contributed by atoms with Crippen molar-refractivity contribution in [3.05, 3.63) is 46.2 Å². The molecule has 0 amide bonds. The van der Waals surface area contributed by atoms with Crippen molar-refractivity contribution in [2.75, 3.05) is 7.05 Å². The van der Waals surface area contributed by atoms with Gasteiger partial charge in [0.15, 0.2) is 0 Å². The quantitative estimate of drug-likeness (QED) is 0.822. The molecule has 0 bridgehead atoms. The summed E-state index contributed by atoms with van der Waals surface area (Å²) >= 11 is 3.18. The Balaban J connectivity index is 3.01. The maximum absolute atomic E-state index is 13.8. The fourth-order valence-electron chi connectivity index (χ4n) is 1.51. The van der Waals surface area contributed by atoms with Crippen molar-refractivity contribution in [3.8, 4) is 0 Å². The number of halogens is 2. The smallest absolute Gasteiger partial charge is 0.142 e. The first-order valence-electron chi connectivity index (χ1n) is 4.81. The molecule has 0 aromatic heterocycles. The van der Waals surface area contributed by atoms with E-state index in [4.69, 9.17) is 0 Å². The van der Waals surface area contributed by atoms with Gasteiger partial charge in [0.1, 0.15) is 5.82 Å². The second-order valence-corrected chi connectivity index (χ2v) is 4.50. The van der Waals surface area contributed by atoms with Gasteiger partial charge in [-0.3, -0.25) is 0 Å². The zero-order valence-electron chi connectivity index (χ0n) is 8.98. The molecule has 0 saturated carbocycles. The Kier molecular flexibility index (Phi) is 4.48. The number of nitrogens with one attached hydrogen (secondary N) is 1. The SMILES string of the molecule is C=C(C)CC(NC)c1cccc(Br)c1F. The monoisotopic (exact) mass is 271 g/mol. The number of rotatable bonds is 4. The minimum absolute atomic E-state index is 0.0139. The Labute approximate surface area is 98.5 Å². The third-order valence-electron chi connectivity index (χ3n) is 2.26. The molecule has 0 heterocycles. The van der Waals surface area contributed by atoms with Gasteiger partial charge in [-0.2, -0.15) is 0 Å². The summed E-state index contributed by atoms with van der Waals surface area (Å²) in [6, 6.07) is 5.32. The van der Waals surface area contributed by atoms with Gasteiger partial charge < -0.3 is 5.32 Å². The molecule has 0 spiro atoms. The van der Waals surface area contributed by atoms with Crippen molar-refractivity contribution in [1.82, 2.24) is 5.32 Å². The normalized spacial score (nSPS) is 12.5. The van der Waals surface area contributed by atoms with Crippen molar-refractivity contribution in [2.24, 2.45) is 0 Å². The van der Waals surface area contributed by atoms with Gasteiger partial charge in [0.05, 0.1) is 4.47 Å². The van der Waals surface area contributed by atoms with Crippen LogP contribution in [0, 0.1) is 5.82 Å². The highest BCUT2D eigenvalue weighted by Crippen LogP contribution is 2.26. The van der Waals surface area contributed by atoms with Gasteiger partial charge in [-0.05, 0) is 42.4 Å². The fraction of sp³-hybridized carbons (Fsp3) is 0.333. The third-order valence-corrected chi connectivity index (χ3v) is 2.87. The van der Waals surface area contributed by atoms with Crippen LogP contribution in [-0.4, -0.2) is 7.05 Å². The topological polar surface area (TPSA) is 12.0 Å². The van der Waals surface area contributed by atoms with Crippen LogP contribution in [0.4, 0.5) is 4.39 Å². The van der Waals surface area contributed by atoms with Crippen molar-refractivity contribution in [1.29, 1.82) is 0 Å². The number of benzene rings is 1. The Bertz CT molecular complexity index is 363. The lowest BCUT2D eigenvalue weighted by Crippen LogP contribution is -2.18. The van der Waals surface area contributed by atoms with E-state index in [0.29, 0.717) is 10.0 Å². The highest BCUT2D eigenvalue weighted by atomic mass is 79.9. The molecule has 0 aliphatic rings. The molecule has 1 rings (SSSR count). The number of hydrogen-bond donors (Lipinski definition) is 1. The molecule has 1 nitrogen and oxygen atoms in total. The molecule has 1 unspecified atom stereocenters. The maximum Gasteiger partial charge on any atom is 0.142 e. The molecule has 0 radical (unpaired) electrons. The third kappa shape index (κ3) is 3.14. The summed E-state index contributed by atoms with van der Waals surface area (Å²) < 4.78 is 14.3. The molecule has 0 fully saturated rings. The summed E-state index contributed by atoms with van der Waals surface area (Å²) in [6.45, 7) is 5.79. The van der Waals surface area contributed by atoms with E-state index in [1.54, 1.807) is 12.1 Å². The molecule has 3 heteroatoms. The fourth-order valence-corrected chi connectivity index (χ4v) is 1.89. The van der Waals surface area contributed by atoms with Gasteiger partial charge in [-0.1, -0.05) is 17.7 Å². The maximum atomic E-state index is 13.8. The van der Waals surface area contributed by atoms with Gasteiger partial charge >= 0.3 is 0 Å². The Morgan fingerprint density at radius 2 is 2.27 bits per heavy atom. The van der Waals surface area contributed by atoms with Gasteiger partial charge in [-0.25, -0.2) is 4.39 Å². The van der Waals surface area contributed by atoms with Crippen LogP contribution in [0.15, 0.2) is 34.8 Å². The summed E-state index contributed by atoms with van der Waals surface area (Å²) in [5, 5.41) is 3.10. The van der Waals surface area contributed by atoms with Crippen molar-refractivity contribution < 1.29 is 4.39 Å². The average Bonchev–Trinajstić information content (AvgIpc) is 2.19. The van der Waals surface area contributed by atoms with Crippen LogP contribution >= 0.6 is 15.9 Å². The second kappa shape index (κ2) is 5.42. The summed E-state index contributed by atoms with van der Waals surface area (Å²) in [5.74, 6) is -0.196. The molecule has 1 aromatic carbocycles. The Morgan fingerprint density at radius 3 is 2.80 bits per heavy atom. The van der Waals surface area contributed by atoms with Crippen molar-refractivity contribution >= 4 is 15.9 Å². The molecule has 15 heavy (non-hydrogen) atoms. The first-order chi connectivity index (χ1) is 7.06. The zero-order chi connectivity index (χ0) is 11.4. The average molecular weight is 272 g/mol. The van der Waals surface area contributed by atoms with Crippen LogP contribution < -0.4 is 5.32 Å². The molecular formula is C12H15BrFN. The zero-order valence-corrected chi connectivity index (χ0v) is 10.6. The van der Waals surface area contributed by atoms with E-state index in [1.165, 1.54) is 0 Å². The van der Waals surface area contributed by atoms with Gasteiger partial charge in [0, 0.05) is 11.6 Å². The molecule has 1 atom stereocenters. The predicted octanol–water partition coefficient (Wildman–Crippen LogP) is 3.81. The largest absolute Gasteiger partial charge is 0.313 e. The van der Waals surface area contributed by atoms with Crippen LogP contribution in [-0.2, 0) is 0 Å². The van der Waals surface area contributed by atoms with Crippen LogP contribution in [0.5, 0.6) is 0 Å². The Morgan fingerprint density at radius 1 is 1.60 bits per heavy atom. The number of hydrogen-bond acceptors (Lipinski definition) is 1. The first kappa shape index (κ1) is 12.4. The van der Waals surface area contributed by atoms with Gasteiger partial charge in [-0.15, -0.1) is 6.58 Å². The van der Waals surface area contributed by atoms with Crippen LogP contribution in [0.2, 0.25) is 0 Å². The predicted molar refractivity (Wildman–Crippen MR) is 65.3 cm³/mol. The van der Waals surface area contributed by atoms with Crippen LogP contribution in [0.1, 0.15) is 24.9 Å². The van der Waals surface area contributed by atoms with E-state index in [-0.39, 0.29) is 11.9 Å². The summed E-state index contributed by atoms with van der Waals surface area (Å²) in [5.41, 5.74) is 1.71. The standard InChI is InChI=1S/C12H15BrFN/c1-8(2)7-11(15-3)9-5-4-6-10(13)12(9)14/h4-6,11,15H,1,7H2,2-3H3. The molecule has 0 aliphatic heterocycles. The van der Waals surface area contributed by atoms with E-state index >= 15 is 0 Å². The van der Waals surface area contributed by atoms with Gasteiger partial charge in [0.25, 0.3) is 0 Å². The molecule has 0 saturated heterocycles. The van der Waals surface area contributed by atoms with E-state index in [0.717, 1.165) is 12.0 Å². The summed E-state index contributed by atoms with van der Waals surface area (Å²) in [7, 11) is 1.83. The minimum atomic E-state index is -0.196. The highest BCUT2D eigenvalue weighted by molar-refractivity contribution is 9.10. The first-order valence-corrected chi connectivity index (χ1v) is 5.61. The van der Waals surface area contributed by atoms with Crippen molar-refractivity contribution in [2.45, 2.75) is 19.4 Å². The summed E-state index contributed by atoms with van der Waals surface area (Å²) in [6.07, 6.45) is 0.740.